The molecule has 0 aliphatic heterocycles. The Morgan fingerprint density at radius 3 is 1.04 bits per heavy atom. The fourth-order valence-electron chi connectivity index (χ4n) is 4.86. The van der Waals surface area contributed by atoms with E-state index in [-0.39, 0.29) is 45.3 Å². The van der Waals surface area contributed by atoms with Crippen molar-refractivity contribution in [3.05, 3.63) is 0 Å². The summed E-state index contributed by atoms with van der Waals surface area (Å²) in [7, 11) is 0. The first-order valence-electron chi connectivity index (χ1n) is 18.6. The van der Waals surface area contributed by atoms with E-state index in [0.717, 1.165) is 25.7 Å². The molecular formula is C35H56Cl6N4O10. The Kier molecular flexibility index (Phi) is 31.9. The van der Waals surface area contributed by atoms with Gasteiger partial charge in [-0.3, -0.25) is 33.6 Å². The third kappa shape index (κ3) is 29.9. The van der Waals surface area contributed by atoms with Crippen LogP contribution in [0.1, 0.15) is 116 Å². The fraction of sp³-hybridized carbons (Fsp3) is 0.800. The van der Waals surface area contributed by atoms with Crippen molar-refractivity contribution in [3.63, 3.8) is 0 Å². The molecule has 0 aromatic rings. The Bertz CT molecular complexity index is 1060. The van der Waals surface area contributed by atoms with Crippen molar-refractivity contribution in [3.8, 4) is 0 Å². The first-order chi connectivity index (χ1) is 26.1. The number of rotatable bonds is 33. The number of carbonyl (C=O) groups excluding carboxylic acids is 7. The number of amides is 4. The van der Waals surface area contributed by atoms with Crippen LogP contribution in [-0.4, -0.2) is 101 Å². The first kappa shape index (κ1) is 53.0. The van der Waals surface area contributed by atoms with Gasteiger partial charge >= 0.3 is 17.9 Å². The van der Waals surface area contributed by atoms with Crippen LogP contribution in [0.3, 0.4) is 0 Å². The molecule has 4 N–H and O–H groups in total. The highest BCUT2D eigenvalue weighted by molar-refractivity contribution is 6.54. The summed E-state index contributed by atoms with van der Waals surface area (Å²) in [5.74, 6) is -5.14. The van der Waals surface area contributed by atoms with Crippen LogP contribution in [0.15, 0.2) is 0 Å². The number of carbonyl (C=O) groups is 7. The second-order valence-corrected chi connectivity index (χ2v) is 16.1. The van der Waals surface area contributed by atoms with Crippen LogP contribution in [0.2, 0.25) is 0 Å². The molecule has 0 saturated heterocycles. The summed E-state index contributed by atoms with van der Waals surface area (Å²) in [6.07, 6.45) is 13.6. The molecule has 0 heterocycles. The third-order valence-corrected chi connectivity index (χ3v) is 9.11. The first-order valence-corrected chi connectivity index (χ1v) is 21.2. The second-order valence-electron chi connectivity index (χ2n) is 12.8. The van der Waals surface area contributed by atoms with Crippen molar-refractivity contribution in [2.75, 3.05) is 39.5 Å². The summed E-state index contributed by atoms with van der Waals surface area (Å²) in [5, 5.41) is 9.76. The Morgan fingerprint density at radius 1 is 0.455 bits per heavy atom. The standard InChI is InChI=1S/C35H56Cl6N4O10/c1-2-3-4-5-6-7-8-9-10-11-12-13-14-15-25(46)45-35(22-53-26(47)16-19-42-32(50)29(36)37,23-54-27(48)17-20-43-33(51)30(38)39)24-55-28(49)18-21-44-34(52)31(40)41/h29-31H,2-24H2,1H3,(H,42,50)(H,43,51)(H,44,52)(H,45,46). The molecule has 0 fully saturated rings. The average molecular weight is 906 g/mol. The monoisotopic (exact) mass is 902 g/mol. The SMILES string of the molecule is CCCCCCCCCCCCCCCC(=O)NC(COC(=O)CCNC(=O)C(Cl)Cl)(COC(=O)CCNC(=O)C(Cl)Cl)COC(=O)CCNC(=O)C(Cl)Cl. The number of hydrogen-bond donors (Lipinski definition) is 4. The summed E-state index contributed by atoms with van der Waals surface area (Å²) in [6, 6.07) is 0. The van der Waals surface area contributed by atoms with Gasteiger partial charge in [-0.25, -0.2) is 0 Å². The Morgan fingerprint density at radius 2 is 0.745 bits per heavy atom. The zero-order valence-corrected chi connectivity index (χ0v) is 35.9. The normalized spacial score (nSPS) is 11.3. The van der Waals surface area contributed by atoms with Crippen molar-refractivity contribution in [2.45, 2.75) is 136 Å². The summed E-state index contributed by atoms with van der Waals surface area (Å²) in [5.41, 5.74) is -1.77. The molecule has 0 aromatic carbocycles. The highest BCUT2D eigenvalue weighted by atomic mass is 35.5. The van der Waals surface area contributed by atoms with Crippen LogP contribution in [0.4, 0.5) is 0 Å². The molecule has 0 rings (SSSR count). The van der Waals surface area contributed by atoms with Crippen molar-refractivity contribution in [1.82, 2.24) is 21.3 Å². The fourth-order valence-corrected chi connectivity index (χ4v) is 5.32. The minimum atomic E-state index is -1.77. The lowest BCUT2D eigenvalue weighted by molar-refractivity contribution is -0.159. The van der Waals surface area contributed by atoms with Gasteiger partial charge in [0, 0.05) is 26.1 Å². The molecule has 0 atom stereocenters. The van der Waals surface area contributed by atoms with E-state index in [1.807, 2.05) is 0 Å². The predicted molar refractivity (Wildman–Crippen MR) is 213 cm³/mol. The summed E-state index contributed by atoms with van der Waals surface area (Å²) in [6.45, 7) is -0.178. The van der Waals surface area contributed by atoms with E-state index in [9.17, 15) is 33.6 Å². The van der Waals surface area contributed by atoms with Crippen molar-refractivity contribution >= 4 is 111 Å². The van der Waals surface area contributed by atoms with Gasteiger partial charge in [-0.1, -0.05) is 154 Å². The quantitative estimate of drug-likeness (QED) is 0.0267. The van der Waals surface area contributed by atoms with E-state index in [1.54, 1.807) is 0 Å². The maximum atomic E-state index is 13.3. The number of hydrogen-bond acceptors (Lipinski definition) is 10. The number of halogens is 6. The van der Waals surface area contributed by atoms with Crippen LogP contribution in [0.25, 0.3) is 0 Å². The molecule has 20 heteroatoms. The van der Waals surface area contributed by atoms with Gasteiger partial charge in [-0.15, -0.1) is 0 Å². The molecule has 0 bridgehead atoms. The van der Waals surface area contributed by atoms with E-state index in [0.29, 0.717) is 6.42 Å². The Labute approximate surface area is 354 Å². The van der Waals surface area contributed by atoms with E-state index < -0.39 is 81.4 Å². The van der Waals surface area contributed by atoms with Gasteiger partial charge in [0.1, 0.15) is 25.4 Å². The van der Waals surface area contributed by atoms with Crippen LogP contribution < -0.4 is 21.3 Å². The summed E-state index contributed by atoms with van der Waals surface area (Å²) in [4.78, 5) is 82.1. The van der Waals surface area contributed by atoms with Gasteiger partial charge in [0.15, 0.2) is 14.5 Å². The highest BCUT2D eigenvalue weighted by Crippen LogP contribution is 2.15. The molecule has 0 saturated carbocycles. The largest absolute Gasteiger partial charge is 0.463 e. The van der Waals surface area contributed by atoms with Gasteiger partial charge in [-0.05, 0) is 6.42 Å². The summed E-state index contributed by atoms with van der Waals surface area (Å²) >= 11 is 33.0. The van der Waals surface area contributed by atoms with Crippen molar-refractivity contribution in [1.29, 1.82) is 0 Å². The number of unbranched alkanes of at least 4 members (excludes halogenated alkanes) is 12. The van der Waals surface area contributed by atoms with E-state index >= 15 is 0 Å². The number of alkyl halides is 6. The molecule has 4 amide bonds. The van der Waals surface area contributed by atoms with E-state index in [1.165, 1.54) is 51.4 Å². The zero-order chi connectivity index (χ0) is 41.5. The second kappa shape index (κ2) is 33.0. The number of esters is 3. The van der Waals surface area contributed by atoms with E-state index in [2.05, 4.69) is 28.2 Å². The van der Waals surface area contributed by atoms with Crippen molar-refractivity contribution in [2.24, 2.45) is 0 Å². The molecule has 55 heavy (non-hydrogen) atoms. The molecule has 0 spiro atoms. The predicted octanol–water partition coefficient (Wildman–Crippen LogP) is 5.88. The van der Waals surface area contributed by atoms with Crippen LogP contribution in [0, 0.1) is 0 Å². The van der Waals surface area contributed by atoms with Gasteiger partial charge in [0.2, 0.25) is 5.91 Å². The lowest BCUT2D eigenvalue weighted by Gasteiger charge is -2.33. The Balaban J connectivity index is 5.56. The smallest absolute Gasteiger partial charge is 0.307 e. The summed E-state index contributed by atoms with van der Waals surface area (Å²) < 4.78 is 16.2. The minimum absolute atomic E-state index is 0.0769. The molecule has 14 nitrogen and oxygen atoms in total. The lowest BCUT2D eigenvalue weighted by Crippen LogP contribution is -2.59. The molecule has 0 unspecified atom stereocenters. The van der Waals surface area contributed by atoms with Crippen LogP contribution in [-0.2, 0) is 47.8 Å². The molecule has 0 aliphatic carbocycles. The maximum Gasteiger partial charge on any atom is 0.307 e. The molecule has 0 aromatic heterocycles. The zero-order valence-electron chi connectivity index (χ0n) is 31.3. The maximum absolute atomic E-state index is 13.3. The molecule has 0 aliphatic rings. The van der Waals surface area contributed by atoms with E-state index in [4.69, 9.17) is 83.8 Å². The van der Waals surface area contributed by atoms with Crippen LogP contribution in [0.5, 0.6) is 0 Å². The molecule has 0 radical (unpaired) electrons. The lowest BCUT2D eigenvalue weighted by atomic mass is 10.0. The number of ether oxygens (including phenoxy) is 3. The van der Waals surface area contributed by atoms with Gasteiger partial charge in [0.05, 0.1) is 19.3 Å². The highest BCUT2D eigenvalue weighted by Gasteiger charge is 2.37. The third-order valence-electron chi connectivity index (χ3n) is 7.92. The van der Waals surface area contributed by atoms with Gasteiger partial charge < -0.3 is 35.5 Å². The van der Waals surface area contributed by atoms with Gasteiger partial charge in [0.25, 0.3) is 17.7 Å². The topological polar surface area (TPSA) is 195 Å². The number of nitrogens with one attached hydrogen (secondary N) is 4. The van der Waals surface area contributed by atoms with Gasteiger partial charge in [-0.2, -0.15) is 0 Å². The van der Waals surface area contributed by atoms with Crippen molar-refractivity contribution < 1.29 is 47.8 Å². The Hall–Kier alpha value is -1.97. The van der Waals surface area contributed by atoms with Crippen LogP contribution >= 0.6 is 69.6 Å². The average Bonchev–Trinajstić information content (AvgIpc) is 3.13. The minimum Gasteiger partial charge on any atom is -0.463 e. The molecule has 318 valence electrons. The molecular weight excluding hydrogens is 849 g/mol.